The van der Waals surface area contributed by atoms with Gasteiger partial charge < -0.3 is 43.1 Å². The summed E-state index contributed by atoms with van der Waals surface area (Å²) in [6.45, 7) is 10.8. The number of hydrogen-bond donors (Lipinski definition) is 3. The average molecular weight is 791 g/mol. The standard InChI is InChI=1S/C44H58N2O11/c1-9-19-35(48)43(3,4)37-24-15-13-11-12-14-21-30(52-7)27-40-46-32(29-55-40)42(51)57-38(44(5,6)36(49)20-10-2)25-18-23-34(53-8)33(47)22-16-17-26-39-45-31(28-54-39)41(50)56-37/h9-23,26,28-30,33-38,47-49H,24-25,27H2,1-8H3/b12-11+,15-13+,19-9+,20-10+,21-14+,22-16+,23-18-,26-17-. The van der Waals surface area contributed by atoms with Crippen molar-refractivity contribution in [2.75, 3.05) is 14.2 Å². The first-order valence-corrected chi connectivity index (χ1v) is 18.9. The number of ether oxygens (including phenoxy) is 4. The van der Waals surface area contributed by atoms with E-state index in [-0.39, 0.29) is 36.0 Å². The lowest BCUT2D eigenvalue weighted by atomic mass is 9.79. The van der Waals surface area contributed by atoms with Crippen LogP contribution >= 0.6 is 0 Å². The first-order valence-electron chi connectivity index (χ1n) is 18.9. The van der Waals surface area contributed by atoms with E-state index in [1.807, 2.05) is 26.0 Å². The van der Waals surface area contributed by atoms with Crippen LogP contribution in [0, 0.1) is 10.8 Å². The minimum absolute atomic E-state index is 0.0337. The van der Waals surface area contributed by atoms with Crippen LogP contribution in [0.5, 0.6) is 0 Å². The van der Waals surface area contributed by atoms with Crippen LogP contribution in [0.4, 0.5) is 0 Å². The van der Waals surface area contributed by atoms with E-state index in [4.69, 9.17) is 27.8 Å². The minimum Gasteiger partial charge on any atom is -0.457 e. The maximum Gasteiger partial charge on any atom is 0.360 e. The molecule has 0 spiro atoms. The molecule has 0 aliphatic carbocycles. The first kappa shape index (κ1) is 46.5. The van der Waals surface area contributed by atoms with Crippen LogP contribution in [-0.4, -0.2) is 94.2 Å². The van der Waals surface area contributed by atoms with Gasteiger partial charge in [0.15, 0.2) is 17.3 Å². The van der Waals surface area contributed by atoms with Gasteiger partial charge in [0.2, 0.25) is 5.89 Å². The summed E-state index contributed by atoms with van der Waals surface area (Å²) in [6, 6.07) is 0. The second-order valence-corrected chi connectivity index (χ2v) is 14.6. The molecule has 13 nitrogen and oxygen atoms in total. The number of nitrogens with zero attached hydrogens (tertiary/aromatic N) is 2. The van der Waals surface area contributed by atoms with Crippen molar-refractivity contribution in [3.8, 4) is 0 Å². The van der Waals surface area contributed by atoms with Gasteiger partial charge in [-0.2, -0.15) is 0 Å². The molecule has 0 radical (unpaired) electrons. The number of aliphatic hydroxyl groups is 3. The fraction of sp³-hybridized carbons (Fsp3) is 0.455. The van der Waals surface area contributed by atoms with Gasteiger partial charge in [-0.25, -0.2) is 19.6 Å². The van der Waals surface area contributed by atoms with Crippen molar-refractivity contribution < 1.29 is 52.7 Å². The van der Waals surface area contributed by atoms with E-state index in [2.05, 4.69) is 9.97 Å². The predicted molar refractivity (Wildman–Crippen MR) is 216 cm³/mol. The van der Waals surface area contributed by atoms with E-state index in [0.717, 1.165) is 0 Å². The Kier molecular flexibility index (Phi) is 18.5. The molecule has 7 unspecified atom stereocenters. The molecule has 3 rings (SSSR count). The lowest BCUT2D eigenvalue weighted by Crippen LogP contribution is -2.42. The topological polar surface area (TPSA) is 184 Å². The highest BCUT2D eigenvalue weighted by atomic mass is 16.6. The van der Waals surface area contributed by atoms with Crippen molar-refractivity contribution in [1.29, 1.82) is 0 Å². The maximum absolute atomic E-state index is 13.4. The molecule has 310 valence electrons. The van der Waals surface area contributed by atoms with Crippen LogP contribution in [0.2, 0.25) is 0 Å². The third-order valence-corrected chi connectivity index (χ3v) is 9.69. The molecule has 1 aliphatic rings. The summed E-state index contributed by atoms with van der Waals surface area (Å²) in [5.74, 6) is -1.04. The SMILES string of the molecule is C/C=C/C(O)C(C)(C)C1C/C=C/C=C/C=C/C(OC)Cc2nc(co2)C(=O)OC(C(C)(C)C(O)/C=C/C)C/C=C\C(OC)C(O)/C=C/C=C\c2nc(co2)C(=O)O1. The second-order valence-electron chi connectivity index (χ2n) is 14.6. The van der Waals surface area contributed by atoms with Gasteiger partial charge in [-0.05, 0) is 13.8 Å². The van der Waals surface area contributed by atoms with E-state index < -0.39 is 65.5 Å². The van der Waals surface area contributed by atoms with E-state index in [1.165, 1.54) is 31.8 Å². The molecule has 2 aromatic rings. The monoisotopic (exact) mass is 790 g/mol. The summed E-state index contributed by atoms with van der Waals surface area (Å²) >= 11 is 0. The highest BCUT2D eigenvalue weighted by Gasteiger charge is 2.39. The van der Waals surface area contributed by atoms with Gasteiger partial charge >= 0.3 is 11.9 Å². The smallest absolute Gasteiger partial charge is 0.360 e. The normalized spacial score (nSPS) is 27.2. The van der Waals surface area contributed by atoms with Gasteiger partial charge in [0.25, 0.3) is 0 Å². The van der Waals surface area contributed by atoms with Crippen molar-refractivity contribution in [3.63, 3.8) is 0 Å². The van der Waals surface area contributed by atoms with Gasteiger partial charge in [-0.15, -0.1) is 0 Å². The molecule has 0 amide bonds. The molecule has 0 saturated heterocycles. The largest absolute Gasteiger partial charge is 0.457 e. The van der Waals surface area contributed by atoms with Crippen molar-refractivity contribution >= 4 is 18.0 Å². The molecule has 1 aliphatic heterocycles. The zero-order valence-corrected chi connectivity index (χ0v) is 34.1. The Morgan fingerprint density at radius 2 is 1.30 bits per heavy atom. The number of rotatable bonds is 8. The zero-order chi connectivity index (χ0) is 42.0. The molecular weight excluding hydrogens is 732 g/mol. The van der Waals surface area contributed by atoms with E-state index in [0.29, 0.717) is 6.42 Å². The Morgan fingerprint density at radius 3 is 1.89 bits per heavy atom. The van der Waals surface area contributed by atoms with Gasteiger partial charge in [-0.3, -0.25) is 0 Å². The van der Waals surface area contributed by atoms with Crippen LogP contribution in [0.25, 0.3) is 6.08 Å². The van der Waals surface area contributed by atoms with Crippen molar-refractivity contribution in [1.82, 2.24) is 9.97 Å². The maximum atomic E-state index is 13.4. The Hall–Kier alpha value is -4.92. The highest BCUT2D eigenvalue weighted by Crippen LogP contribution is 2.33. The fourth-order valence-electron chi connectivity index (χ4n) is 5.68. The number of methoxy groups -OCH3 is 2. The molecule has 0 fully saturated rings. The molecule has 0 saturated carbocycles. The van der Waals surface area contributed by atoms with Crippen molar-refractivity contribution in [3.05, 3.63) is 127 Å². The van der Waals surface area contributed by atoms with Gasteiger partial charge in [-0.1, -0.05) is 119 Å². The molecule has 4 bridgehead atoms. The van der Waals surface area contributed by atoms with Gasteiger partial charge in [0.1, 0.15) is 36.9 Å². The number of cyclic esters (lactones) is 2. The second kappa shape index (κ2) is 22.7. The van der Waals surface area contributed by atoms with Crippen LogP contribution in [0.15, 0.2) is 113 Å². The summed E-state index contributed by atoms with van der Waals surface area (Å²) in [4.78, 5) is 35.2. The van der Waals surface area contributed by atoms with Crippen LogP contribution in [0.1, 0.15) is 87.1 Å². The number of esters is 2. The lowest BCUT2D eigenvalue weighted by molar-refractivity contribution is -0.0462. The number of carbonyl (C=O) groups excluding carboxylic acids is 2. The quantitative estimate of drug-likeness (QED) is 0.186. The molecule has 2 aromatic heterocycles. The number of carbonyl (C=O) groups is 2. The Morgan fingerprint density at radius 1 is 0.737 bits per heavy atom. The summed E-state index contributed by atoms with van der Waals surface area (Å²) < 4.78 is 34.0. The predicted octanol–water partition coefficient (Wildman–Crippen LogP) is 6.86. The Bertz CT molecular complexity index is 1810. The van der Waals surface area contributed by atoms with Crippen molar-refractivity contribution in [2.24, 2.45) is 10.8 Å². The molecule has 0 aromatic carbocycles. The number of hydrogen-bond acceptors (Lipinski definition) is 13. The lowest BCUT2D eigenvalue weighted by Gasteiger charge is -2.36. The van der Waals surface area contributed by atoms with E-state index in [9.17, 15) is 24.9 Å². The molecular formula is C44H58N2O11. The van der Waals surface area contributed by atoms with E-state index >= 15 is 0 Å². The highest BCUT2D eigenvalue weighted by molar-refractivity contribution is 5.87. The van der Waals surface area contributed by atoms with Crippen LogP contribution in [-0.2, 0) is 25.4 Å². The van der Waals surface area contributed by atoms with Crippen LogP contribution in [0.3, 0.4) is 0 Å². The van der Waals surface area contributed by atoms with E-state index in [1.54, 1.807) is 108 Å². The zero-order valence-electron chi connectivity index (χ0n) is 34.1. The molecule has 3 N–H and O–H groups in total. The number of oxazole rings is 2. The number of aliphatic hydroxyl groups excluding tert-OH is 3. The van der Waals surface area contributed by atoms with Gasteiger partial charge in [0.05, 0.1) is 24.7 Å². The Labute approximate surface area is 335 Å². The summed E-state index contributed by atoms with van der Waals surface area (Å²) in [5.41, 5.74) is -1.87. The number of fused-ring (bicyclic) bond motifs is 4. The third kappa shape index (κ3) is 13.9. The van der Waals surface area contributed by atoms with Crippen LogP contribution < -0.4 is 0 Å². The summed E-state index contributed by atoms with van der Waals surface area (Å²) in [7, 11) is 2.99. The molecule has 13 heteroatoms. The first-order chi connectivity index (χ1) is 27.2. The average Bonchev–Trinajstić information content (AvgIpc) is 3.86. The molecule has 57 heavy (non-hydrogen) atoms. The number of allylic oxidation sites excluding steroid dienone is 8. The molecule has 3 heterocycles. The molecule has 7 atom stereocenters. The van der Waals surface area contributed by atoms with Crippen molar-refractivity contribution in [2.45, 2.75) is 104 Å². The minimum atomic E-state index is -1.07. The third-order valence-electron chi connectivity index (χ3n) is 9.69. The Balaban J connectivity index is 1.96. The summed E-state index contributed by atoms with van der Waals surface area (Å²) in [5, 5.41) is 32.7. The number of aromatic nitrogens is 2. The van der Waals surface area contributed by atoms with Gasteiger partial charge in [0, 0.05) is 44.0 Å². The fourth-order valence-corrected chi connectivity index (χ4v) is 5.68. The summed E-state index contributed by atoms with van der Waals surface area (Å²) in [6.07, 6.45) is 24.6.